The minimum atomic E-state index is -0.829. The second-order valence-electron chi connectivity index (χ2n) is 9.45. The number of pyridine rings is 1. The normalized spacial score (nSPS) is 11.7. The first-order valence-electron chi connectivity index (χ1n) is 13.0. The SMILES string of the molecule is O=C(Nc1cccc(CCNCC(O)c2ccc(O)c3[nH]c(=O)ccc23)c1)Nc1ccccc1-c1ccccc1. The van der Waals surface area contributed by atoms with Crippen LogP contribution in [0.3, 0.4) is 0 Å². The van der Waals surface area contributed by atoms with E-state index in [-0.39, 0.29) is 17.3 Å². The van der Waals surface area contributed by atoms with E-state index >= 15 is 0 Å². The van der Waals surface area contributed by atoms with E-state index in [1.807, 2.05) is 78.9 Å². The Morgan fingerprint density at radius 2 is 1.65 bits per heavy atom. The van der Waals surface area contributed by atoms with Gasteiger partial charge in [-0.2, -0.15) is 0 Å². The smallest absolute Gasteiger partial charge is 0.323 e. The number of benzene rings is 4. The van der Waals surface area contributed by atoms with Crippen molar-refractivity contribution < 1.29 is 15.0 Å². The summed E-state index contributed by atoms with van der Waals surface area (Å²) in [5.74, 6) is -0.0424. The minimum absolute atomic E-state index is 0.0424. The number of para-hydroxylation sites is 1. The highest BCUT2D eigenvalue weighted by Crippen LogP contribution is 2.29. The molecule has 1 atom stereocenters. The van der Waals surface area contributed by atoms with Crippen molar-refractivity contribution in [3.05, 3.63) is 125 Å². The zero-order valence-electron chi connectivity index (χ0n) is 21.7. The summed E-state index contributed by atoms with van der Waals surface area (Å²) in [6, 6.07) is 31.0. The number of amides is 2. The lowest BCUT2D eigenvalue weighted by molar-refractivity contribution is 0.176. The van der Waals surface area contributed by atoms with Crippen molar-refractivity contribution in [3.63, 3.8) is 0 Å². The fourth-order valence-corrected chi connectivity index (χ4v) is 4.68. The molecule has 0 saturated carbocycles. The third kappa shape index (κ3) is 6.37. The number of urea groups is 1. The van der Waals surface area contributed by atoms with Gasteiger partial charge in [0.15, 0.2) is 0 Å². The van der Waals surface area contributed by atoms with Crippen molar-refractivity contribution in [1.82, 2.24) is 10.3 Å². The molecule has 0 bridgehead atoms. The number of H-pyrrole nitrogens is 1. The number of phenolic OH excluding ortho intramolecular Hbond substituents is 1. The van der Waals surface area contributed by atoms with Crippen LogP contribution >= 0.6 is 0 Å². The van der Waals surface area contributed by atoms with E-state index in [1.165, 1.54) is 12.1 Å². The molecule has 0 aliphatic carbocycles. The van der Waals surface area contributed by atoms with Gasteiger partial charge in [0.25, 0.3) is 0 Å². The van der Waals surface area contributed by atoms with E-state index in [9.17, 15) is 19.8 Å². The summed E-state index contributed by atoms with van der Waals surface area (Å²) in [5.41, 5.74) is 4.98. The molecular weight excluding hydrogens is 504 g/mol. The largest absolute Gasteiger partial charge is 0.506 e. The number of carbonyl (C=O) groups excluding carboxylic acids is 1. The Hall–Kier alpha value is -4.92. The maximum Gasteiger partial charge on any atom is 0.323 e. The van der Waals surface area contributed by atoms with Crippen LogP contribution in [0.25, 0.3) is 22.0 Å². The summed E-state index contributed by atoms with van der Waals surface area (Å²) in [4.78, 5) is 27.0. The van der Waals surface area contributed by atoms with Gasteiger partial charge in [0.1, 0.15) is 5.75 Å². The molecule has 5 aromatic rings. The number of anilines is 2. The maximum absolute atomic E-state index is 12.8. The van der Waals surface area contributed by atoms with Crippen LogP contribution in [0, 0.1) is 0 Å². The maximum atomic E-state index is 12.8. The highest BCUT2D eigenvalue weighted by Gasteiger charge is 2.14. The highest BCUT2D eigenvalue weighted by molar-refractivity contribution is 6.02. The van der Waals surface area contributed by atoms with Crippen LogP contribution in [-0.2, 0) is 6.42 Å². The van der Waals surface area contributed by atoms with Gasteiger partial charge in [-0.15, -0.1) is 0 Å². The van der Waals surface area contributed by atoms with Crippen molar-refractivity contribution in [2.45, 2.75) is 12.5 Å². The molecule has 8 nitrogen and oxygen atoms in total. The van der Waals surface area contributed by atoms with Gasteiger partial charge in [0, 0.05) is 29.2 Å². The van der Waals surface area contributed by atoms with Gasteiger partial charge >= 0.3 is 6.03 Å². The molecule has 4 aromatic carbocycles. The second kappa shape index (κ2) is 12.3. The molecule has 1 heterocycles. The lowest BCUT2D eigenvalue weighted by Gasteiger charge is -2.15. The first-order chi connectivity index (χ1) is 19.5. The molecule has 1 unspecified atom stereocenters. The van der Waals surface area contributed by atoms with Crippen LogP contribution in [0.1, 0.15) is 17.2 Å². The number of rotatable bonds is 9. The monoisotopic (exact) mass is 534 g/mol. The first-order valence-corrected chi connectivity index (χ1v) is 13.0. The number of nitrogens with one attached hydrogen (secondary N) is 4. The van der Waals surface area contributed by atoms with Gasteiger partial charge in [-0.05, 0) is 60.0 Å². The van der Waals surface area contributed by atoms with Gasteiger partial charge < -0.3 is 31.1 Å². The number of phenols is 1. The van der Waals surface area contributed by atoms with E-state index in [1.54, 1.807) is 12.1 Å². The number of hydrogen-bond donors (Lipinski definition) is 6. The second-order valence-corrected chi connectivity index (χ2v) is 9.45. The molecule has 8 heteroatoms. The van der Waals surface area contributed by atoms with Crippen LogP contribution in [0.15, 0.2) is 108 Å². The van der Waals surface area contributed by atoms with Crippen molar-refractivity contribution >= 4 is 28.3 Å². The molecule has 0 aliphatic heterocycles. The Morgan fingerprint density at radius 1 is 0.850 bits per heavy atom. The van der Waals surface area contributed by atoms with Crippen LogP contribution < -0.4 is 21.5 Å². The number of aliphatic hydroxyl groups excluding tert-OH is 1. The van der Waals surface area contributed by atoms with Crippen LogP contribution in [0.2, 0.25) is 0 Å². The van der Waals surface area contributed by atoms with E-state index < -0.39 is 6.10 Å². The number of aliphatic hydroxyl groups is 1. The Bertz CT molecular complexity index is 1680. The molecule has 0 aliphatic rings. The number of aromatic hydroxyl groups is 1. The number of aromatic amines is 1. The van der Waals surface area contributed by atoms with E-state index in [4.69, 9.17) is 0 Å². The van der Waals surface area contributed by atoms with Crippen molar-refractivity contribution in [1.29, 1.82) is 0 Å². The molecule has 5 rings (SSSR count). The lowest BCUT2D eigenvalue weighted by atomic mass is 10.0. The molecule has 0 spiro atoms. The van der Waals surface area contributed by atoms with Crippen molar-refractivity contribution in [2.24, 2.45) is 0 Å². The third-order valence-electron chi connectivity index (χ3n) is 6.64. The zero-order chi connectivity index (χ0) is 27.9. The van der Waals surface area contributed by atoms with Crippen LogP contribution in [-0.4, -0.2) is 34.3 Å². The number of aromatic nitrogens is 1. The number of hydrogen-bond acceptors (Lipinski definition) is 5. The molecule has 40 heavy (non-hydrogen) atoms. The van der Waals surface area contributed by atoms with E-state index in [0.29, 0.717) is 41.7 Å². The standard InChI is InChI=1S/C32H30N4O4/c37-28-15-13-25(26-14-16-30(39)36-31(26)28)29(38)20-33-18-17-21-7-6-10-23(19-21)34-32(40)35-27-12-5-4-11-24(27)22-8-2-1-3-9-22/h1-16,19,29,33,37-38H,17-18,20H2,(H,36,39)(H2,34,35,40). The topological polar surface area (TPSA) is 126 Å². The molecule has 0 fully saturated rings. The minimum Gasteiger partial charge on any atom is -0.506 e. The van der Waals surface area contributed by atoms with E-state index in [0.717, 1.165) is 22.4 Å². The molecule has 6 N–H and O–H groups in total. The summed E-state index contributed by atoms with van der Waals surface area (Å²) in [6.45, 7) is 0.893. The van der Waals surface area contributed by atoms with Gasteiger partial charge in [-0.3, -0.25) is 4.79 Å². The molecule has 1 aromatic heterocycles. The predicted molar refractivity (Wildman–Crippen MR) is 159 cm³/mol. The number of fused-ring (bicyclic) bond motifs is 1. The summed E-state index contributed by atoms with van der Waals surface area (Å²) < 4.78 is 0. The first kappa shape index (κ1) is 26.7. The van der Waals surface area contributed by atoms with Crippen molar-refractivity contribution in [3.8, 4) is 16.9 Å². The number of carbonyl (C=O) groups is 1. The van der Waals surface area contributed by atoms with Gasteiger partial charge in [-0.25, -0.2) is 4.79 Å². The zero-order valence-corrected chi connectivity index (χ0v) is 21.7. The highest BCUT2D eigenvalue weighted by atomic mass is 16.3. The molecule has 0 saturated heterocycles. The Morgan fingerprint density at radius 3 is 2.50 bits per heavy atom. The molecular formula is C32H30N4O4. The third-order valence-corrected chi connectivity index (χ3v) is 6.64. The lowest BCUT2D eigenvalue weighted by Crippen LogP contribution is -2.24. The fourth-order valence-electron chi connectivity index (χ4n) is 4.68. The summed E-state index contributed by atoms with van der Waals surface area (Å²) >= 11 is 0. The fraction of sp³-hybridized carbons (Fsp3) is 0.125. The van der Waals surface area contributed by atoms with E-state index in [2.05, 4.69) is 20.9 Å². The summed E-state index contributed by atoms with van der Waals surface area (Å²) in [6.07, 6.45) is -0.144. The summed E-state index contributed by atoms with van der Waals surface area (Å²) in [5, 5.41) is 30.5. The molecule has 202 valence electrons. The Kier molecular flexibility index (Phi) is 8.20. The Labute approximate surface area is 231 Å². The van der Waals surface area contributed by atoms with Crippen molar-refractivity contribution in [2.75, 3.05) is 23.7 Å². The van der Waals surface area contributed by atoms with Gasteiger partial charge in [0.05, 0.1) is 17.3 Å². The summed E-state index contributed by atoms with van der Waals surface area (Å²) in [7, 11) is 0. The average molecular weight is 535 g/mol. The van der Waals surface area contributed by atoms with Gasteiger partial charge in [-0.1, -0.05) is 66.7 Å². The van der Waals surface area contributed by atoms with Crippen LogP contribution in [0.5, 0.6) is 5.75 Å². The molecule has 0 radical (unpaired) electrons. The Balaban J connectivity index is 1.15. The quantitative estimate of drug-likeness (QED) is 0.141. The molecule has 2 amide bonds. The predicted octanol–water partition coefficient (Wildman–Crippen LogP) is 5.41. The van der Waals surface area contributed by atoms with Crippen LogP contribution in [0.4, 0.5) is 16.2 Å². The average Bonchev–Trinajstić information content (AvgIpc) is 2.96. The van der Waals surface area contributed by atoms with Gasteiger partial charge in [0.2, 0.25) is 5.56 Å².